The molecule has 0 aliphatic rings. The first-order valence-electron chi connectivity index (χ1n) is 10.4. The number of carbonyl (C=O) groups excluding carboxylic acids is 2. The Morgan fingerprint density at radius 1 is 1.16 bits per heavy atom. The van der Waals surface area contributed by atoms with E-state index in [0.717, 1.165) is 23.4 Å². The van der Waals surface area contributed by atoms with Gasteiger partial charge in [0.15, 0.2) is 0 Å². The predicted octanol–water partition coefficient (Wildman–Crippen LogP) is 1.91. The fourth-order valence-corrected chi connectivity index (χ4v) is 3.41. The zero-order chi connectivity index (χ0) is 23.0. The Morgan fingerprint density at radius 3 is 2.29 bits per heavy atom. The number of benzene rings is 1. The minimum atomic E-state index is -1.94. The molecule has 8 nitrogen and oxygen atoms in total. The summed E-state index contributed by atoms with van der Waals surface area (Å²) in [5.41, 5.74) is 6.75. The molecule has 8 heteroatoms. The Morgan fingerprint density at radius 2 is 1.77 bits per heavy atom. The minimum Gasteiger partial charge on any atom is -0.489 e. The van der Waals surface area contributed by atoms with Crippen molar-refractivity contribution in [2.75, 3.05) is 19.6 Å². The molecule has 168 valence electrons. The van der Waals surface area contributed by atoms with Gasteiger partial charge in [0.25, 0.3) is 11.8 Å². The van der Waals surface area contributed by atoms with Crippen LogP contribution in [-0.4, -0.2) is 52.2 Å². The smallest absolute Gasteiger partial charge is 0.266 e. The number of primary amides is 1. The Labute approximate surface area is 183 Å². The molecular formula is C23H32N4O4. The van der Waals surface area contributed by atoms with Crippen LogP contribution in [0.3, 0.4) is 0 Å². The summed E-state index contributed by atoms with van der Waals surface area (Å²) in [7, 11) is 0. The zero-order valence-corrected chi connectivity index (χ0v) is 18.6. The molecule has 1 heterocycles. The van der Waals surface area contributed by atoms with Crippen molar-refractivity contribution in [3.05, 3.63) is 58.9 Å². The van der Waals surface area contributed by atoms with Gasteiger partial charge in [0.1, 0.15) is 12.4 Å². The normalized spacial score (nSPS) is 13.0. The number of ether oxygens (including phenoxy) is 1. The summed E-state index contributed by atoms with van der Waals surface area (Å²) in [4.78, 5) is 30.3. The van der Waals surface area contributed by atoms with Crippen molar-refractivity contribution in [1.82, 2.24) is 15.2 Å². The first kappa shape index (κ1) is 24.3. The van der Waals surface area contributed by atoms with E-state index in [1.54, 1.807) is 29.2 Å². The molecule has 0 radical (unpaired) electrons. The summed E-state index contributed by atoms with van der Waals surface area (Å²) in [6, 6.07) is 10.6. The molecule has 1 aromatic heterocycles. The van der Waals surface area contributed by atoms with Gasteiger partial charge in [0.05, 0.1) is 6.54 Å². The SMILES string of the molecule is CCCN(CC)[C@](O)(CNC(=O)c1ccc(OCc2cc(C)nc(C)c2)cc1)C(N)=O. The topological polar surface area (TPSA) is 118 Å². The van der Waals surface area contributed by atoms with Gasteiger partial charge in [0.2, 0.25) is 5.72 Å². The van der Waals surface area contributed by atoms with Crippen LogP contribution in [0.5, 0.6) is 5.75 Å². The second-order valence-corrected chi connectivity index (χ2v) is 7.51. The summed E-state index contributed by atoms with van der Waals surface area (Å²) in [5, 5.41) is 13.4. The molecule has 2 rings (SSSR count). The number of hydrogen-bond donors (Lipinski definition) is 3. The van der Waals surface area contributed by atoms with Crippen molar-refractivity contribution >= 4 is 11.8 Å². The van der Waals surface area contributed by atoms with Gasteiger partial charge in [0, 0.05) is 23.5 Å². The number of aliphatic hydroxyl groups is 1. The molecule has 0 fully saturated rings. The number of nitrogens with zero attached hydrogens (tertiary/aromatic N) is 2. The Bertz CT molecular complexity index is 881. The third-order valence-corrected chi connectivity index (χ3v) is 4.95. The minimum absolute atomic E-state index is 0.298. The van der Waals surface area contributed by atoms with Crippen LogP contribution in [0.25, 0.3) is 0 Å². The lowest BCUT2D eigenvalue weighted by Gasteiger charge is -2.36. The van der Waals surface area contributed by atoms with Crippen LogP contribution in [0.15, 0.2) is 36.4 Å². The summed E-state index contributed by atoms with van der Waals surface area (Å²) >= 11 is 0. The highest BCUT2D eigenvalue weighted by molar-refractivity contribution is 5.95. The lowest BCUT2D eigenvalue weighted by atomic mass is 10.1. The fourth-order valence-electron chi connectivity index (χ4n) is 3.41. The monoisotopic (exact) mass is 428 g/mol. The van der Waals surface area contributed by atoms with Crippen LogP contribution in [0.1, 0.15) is 47.6 Å². The van der Waals surface area contributed by atoms with Gasteiger partial charge in [-0.25, -0.2) is 0 Å². The summed E-state index contributed by atoms with van der Waals surface area (Å²) in [6.07, 6.45) is 0.734. The van der Waals surface area contributed by atoms with Crippen LogP contribution in [-0.2, 0) is 11.4 Å². The number of rotatable bonds is 11. The van der Waals surface area contributed by atoms with E-state index in [-0.39, 0.29) is 6.54 Å². The van der Waals surface area contributed by atoms with E-state index in [9.17, 15) is 14.7 Å². The van der Waals surface area contributed by atoms with E-state index in [4.69, 9.17) is 10.5 Å². The molecule has 0 aliphatic heterocycles. The summed E-state index contributed by atoms with van der Waals surface area (Å²) in [6.45, 7) is 8.62. The van der Waals surface area contributed by atoms with Crippen LogP contribution in [0, 0.1) is 13.8 Å². The zero-order valence-electron chi connectivity index (χ0n) is 18.6. The number of nitrogens with two attached hydrogens (primary N) is 1. The van der Waals surface area contributed by atoms with E-state index in [0.29, 0.717) is 31.0 Å². The van der Waals surface area contributed by atoms with Crippen molar-refractivity contribution in [3.63, 3.8) is 0 Å². The van der Waals surface area contributed by atoms with Crippen LogP contribution >= 0.6 is 0 Å². The van der Waals surface area contributed by atoms with Gasteiger partial charge in [-0.3, -0.25) is 19.5 Å². The number of aromatic nitrogens is 1. The van der Waals surface area contributed by atoms with Gasteiger partial charge in [-0.1, -0.05) is 13.8 Å². The third kappa shape index (κ3) is 6.50. The molecule has 31 heavy (non-hydrogen) atoms. The first-order chi connectivity index (χ1) is 14.7. The maximum Gasteiger partial charge on any atom is 0.266 e. The van der Waals surface area contributed by atoms with Gasteiger partial charge in [-0.05, 0) is 68.8 Å². The number of aryl methyl sites for hydroxylation is 2. The van der Waals surface area contributed by atoms with Gasteiger partial charge < -0.3 is 20.9 Å². The predicted molar refractivity (Wildman–Crippen MR) is 119 cm³/mol. The number of carbonyl (C=O) groups is 2. The molecule has 0 saturated heterocycles. The van der Waals surface area contributed by atoms with Crippen LogP contribution < -0.4 is 15.8 Å². The van der Waals surface area contributed by atoms with Crippen molar-refractivity contribution < 1.29 is 19.4 Å². The van der Waals surface area contributed by atoms with E-state index < -0.39 is 17.5 Å². The first-order valence-corrected chi connectivity index (χ1v) is 10.4. The molecule has 2 aromatic rings. The number of pyridine rings is 1. The molecule has 0 spiro atoms. The number of hydrogen-bond acceptors (Lipinski definition) is 6. The second kappa shape index (κ2) is 10.9. The average Bonchev–Trinajstić information content (AvgIpc) is 2.73. The van der Waals surface area contributed by atoms with Gasteiger partial charge >= 0.3 is 0 Å². The Hall–Kier alpha value is -2.97. The van der Waals surface area contributed by atoms with Crippen molar-refractivity contribution in [2.24, 2.45) is 5.73 Å². The molecule has 0 unspecified atom stereocenters. The average molecular weight is 429 g/mol. The van der Waals surface area contributed by atoms with Crippen molar-refractivity contribution in [2.45, 2.75) is 46.4 Å². The molecule has 4 N–H and O–H groups in total. The molecule has 2 amide bonds. The highest BCUT2D eigenvalue weighted by atomic mass is 16.5. The standard InChI is InChI=1S/C23H32N4O4/c1-5-11-27(6-2)23(30,22(24)29)15-25-21(28)19-7-9-20(10-8-19)31-14-18-12-16(3)26-17(4)13-18/h7-10,12-13,30H,5-6,11,14-15H2,1-4H3,(H2,24,29)(H,25,28)/t23-/m0/s1. The van der Waals surface area contributed by atoms with Crippen molar-refractivity contribution in [1.29, 1.82) is 0 Å². The quantitative estimate of drug-likeness (QED) is 0.471. The van der Waals surface area contributed by atoms with E-state index in [1.165, 1.54) is 0 Å². The molecular weight excluding hydrogens is 396 g/mol. The molecule has 0 saturated carbocycles. The largest absolute Gasteiger partial charge is 0.489 e. The fraction of sp³-hybridized carbons (Fsp3) is 0.435. The number of nitrogens with one attached hydrogen (secondary N) is 1. The summed E-state index contributed by atoms with van der Waals surface area (Å²) < 4.78 is 5.79. The van der Waals surface area contributed by atoms with E-state index in [1.807, 2.05) is 39.8 Å². The molecule has 0 aliphatic carbocycles. The summed E-state index contributed by atoms with van der Waals surface area (Å²) in [5.74, 6) is -0.690. The van der Waals surface area contributed by atoms with Gasteiger partial charge in [-0.15, -0.1) is 0 Å². The highest BCUT2D eigenvalue weighted by Crippen LogP contribution is 2.16. The lowest BCUT2D eigenvalue weighted by Crippen LogP contribution is -2.63. The Balaban J connectivity index is 1.98. The maximum absolute atomic E-state index is 12.5. The van der Waals surface area contributed by atoms with E-state index in [2.05, 4.69) is 10.3 Å². The lowest BCUT2D eigenvalue weighted by molar-refractivity contribution is -0.158. The van der Waals surface area contributed by atoms with Crippen LogP contribution in [0.4, 0.5) is 0 Å². The Kier molecular flexibility index (Phi) is 8.53. The number of likely N-dealkylation sites (N-methyl/N-ethyl adjacent to an activating group) is 1. The molecule has 1 atom stereocenters. The molecule has 0 bridgehead atoms. The second-order valence-electron chi connectivity index (χ2n) is 7.51. The van der Waals surface area contributed by atoms with Gasteiger partial charge in [-0.2, -0.15) is 0 Å². The third-order valence-electron chi connectivity index (χ3n) is 4.95. The maximum atomic E-state index is 12.5. The number of amides is 2. The van der Waals surface area contributed by atoms with Crippen molar-refractivity contribution in [3.8, 4) is 5.75 Å². The molecule has 1 aromatic carbocycles. The highest BCUT2D eigenvalue weighted by Gasteiger charge is 2.39. The van der Waals surface area contributed by atoms with Crippen LogP contribution in [0.2, 0.25) is 0 Å². The van der Waals surface area contributed by atoms with E-state index >= 15 is 0 Å².